The molecule has 1 fully saturated rings. The highest BCUT2D eigenvalue weighted by Crippen LogP contribution is 2.33. The van der Waals surface area contributed by atoms with E-state index < -0.39 is 11.7 Å². The van der Waals surface area contributed by atoms with Gasteiger partial charge in [0.15, 0.2) is 0 Å². The van der Waals surface area contributed by atoms with E-state index in [-0.39, 0.29) is 17.4 Å². The van der Waals surface area contributed by atoms with Gasteiger partial charge in [-0.2, -0.15) is 13.2 Å². The lowest BCUT2D eigenvalue weighted by molar-refractivity contribution is -0.137. The van der Waals surface area contributed by atoms with E-state index in [9.17, 15) is 13.2 Å². The zero-order valence-electron chi connectivity index (χ0n) is 15.2. The van der Waals surface area contributed by atoms with Crippen LogP contribution in [0.2, 0.25) is 5.02 Å². The van der Waals surface area contributed by atoms with Crippen LogP contribution in [0.1, 0.15) is 41.5 Å². The van der Waals surface area contributed by atoms with Gasteiger partial charge in [-0.1, -0.05) is 11.6 Å². The van der Waals surface area contributed by atoms with E-state index in [2.05, 4.69) is 25.0 Å². The van der Waals surface area contributed by atoms with Crippen molar-refractivity contribution in [3.8, 4) is 0 Å². The van der Waals surface area contributed by atoms with Crippen molar-refractivity contribution in [1.29, 1.82) is 0 Å². The molecule has 3 heterocycles. The highest BCUT2D eigenvalue weighted by atomic mass is 35.5. The second-order valence-electron chi connectivity index (χ2n) is 7.20. The number of aromatic nitrogens is 3. The number of halogens is 5. The summed E-state index contributed by atoms with van der Waals surface area (Å²) in [4.78, 5) is 2.18. The molecule has 0 unspecified atom stereocenters. The molecule has 1 aromatic carbocycles. The first kappa shape index (κ1) is 21.4. The van der Waals surface area contributed by atoms with E-state index in [1.807, 2.05) is 0 Å². The number of benzene rings is 1. The quantitative estimate of drug-likeness (QED) is 0.794. The van der Waals surface area contributed by atoms with Crippen molar-refractivity contribution in [2.45, 2.75) is 44.6 Å². The lowest BCUT2D eigenvalue weighted by atomic mass is 9.95. The van der Waals surface area contributed by atoms with Gasteiger partial charge in [0.05, 0.1) is 12.1 Å². The van der Waals surface area contributed by atoms with Gasteiger partial charge in [-0.15, -0.1) is 22.6 Å². The second-order valence-corrected chi connectivity index (χ2v) is 7.64. The molecule has 0 saturated carbocycles. The lowest BCUT2D eigenvalue weighted by Gasteiger charge is -2.32. The molecule has 0 radical (unpaired) electrons. The van der Waals surface area contributed by atoms with Gasteiger partial charge in [-0.3, -0.25) is 4.90 Å². The van der Waals surface area contributed by atoms with Crippen LogP contribution < -0.4 is 5.32 Å². The van der Waals surface area contributed by atoms with Crippen LogP contribution in [-0.4, -0.2) is 39.3 Å². The molecule has 0 bridgehead atoms. The van der Waals surface area contributed by atoms with Gasteiger partial charge < -0.3 is 9.88 Å². The first-order chi connectivity index (χ1) is 12.9. The molecule has 2 aliphatic rings. The van der Waals surface area contributed by atoms with E-state index in [1.54, 1.807) is 6.07 Å². The predicted molar refractivity (Wildman–Crippen MR) is 103 cm³/mol. The molecule has 1 saturated heterocycles. The normalized spacial score (nSPS) is 18.6. The van der Waals surface area contributed by atoms with Crippen molar-refractivity contribution >= 4 is 24.0 Å². The molecule has 0 aliphatic carbocycles. The molecule has 0 amide bonds. The standard InChI is InChI=1S/C18H21ClF3N5.ClH/c19-15-8-12(7-14(9-15)18(20,21)22)11-26-4-1-13(2-5-26)17-25-24-16-10-23-3-6-27(16)17;/h7-9,13,23H,1-6,10-11H2;1H. The average molecular weight is 436 g/mol. The van der Waals surface area contributed by atoms with Crippen molar-refractivity contribution in [3.63, 3.8) is 0 Å². The maximum Gasteiger partial charge on any atom is 0.416 e. The molecule has 1 N–H and O–H groups in total. The Morgan fingerprint density at radius 3 is 2.57 bits per heavy atom. The molecule has 5 nitrogen and oxygen atoms in total. The number of hydrogen-bond acceptors (Lipinski definition) is 4. The third kappa shape index (κ3) is 4.62. The molecule has 2 aromatic rings. The predicted octanol–water partition coefficient (Wildman–Crippen LogP) is 3.85. The molecule has 0 atom stereocenters. The minimum absolute atomic E-state index is 0. The van der Waals surface area contributed by atoms with Gasteiger partial charge in [-0.05, 0) is 49.7 Å². The fourth-order valence-corrected chi connectivity index (χ4v) is 4.19. The van der Waals surface area contributed by atoms with Crippen LogP contribution in [0.4, 0.5) is 13.2 Å². The molecule has 1 aromatic heterocycles. The van der Waals surface area contributed by atoms with E-state index in [0.717, 1.165) is 63.3 Å². The summed E-state index contributed by atoms with van der Waals surface area (Å²) in [6.07, 6.45) is -2.52. The van der Waals surface area contributed by atoms with Crippen LogP contribution in [0.25, 0.3) is 0 Å². The Kier molecular flexibility index (Phi) is 6.54. The molecule has 0 spiro atoms. The third-order valence-electron chi connectivity index (χ3n) is 5.30. The van der Waals surface area contributed by atoms with Crippen LogP contribution in [0.15, 0.2) is 18.2 Å². The number of alkyl halides is 3. The summed E-state index contributed by atoms with van der Waals surface area (Å²) < 4.78 is 41.2. The highest BCUT2D eigenvalue weighted by molar-refractivity contribution is 6.30. The van der Waals surface area contributed by atoms with Gasteiger partial charge in [0, 0.05) is 30.6 Å². The Labute approximate surface area is 172 Å². The smallest absolute Gasteiger partial charge is 0.312 e. The zero-order valence-corrected chi connectivity index (χ0v) is 16.7. The SMILES string of the molecule is Cl.FC(F)(F)c1cc(Cl)cc(CN2CCC(c3nnc4n3CCNC4)CC2)c1. The molecule has 154 valence electrons. The number of fused-ring (bicyclic) bond motifs is 1. The van der Waals surface area contributed by atoms with E-state index in [4.69, 9.17) is 11.6 Å². The number of likely N-dealkylation sites (tertiary alicyclic amines) is 1. The van der Waals surface area contributed by atoms with Crippen molar-refractivity contribution in [1.82, 2.24) is 25.0 Å². The summed E-state index contributed by atoms with van der Waals surface area (Å²) in [6, 6.07) is 3.78. The van der Waals surface area contributed by atoms with Gasteiger partial charge >= 0.3 is 6.18 Å². The van der Waals surface area contributed by atoms with Crippen molar-refractivity contribution in [2.75, 3.05) is 19.6 Å². The van der Waals surface area contributed by atoms with E-state index in [0.29, 0.717) is 18.0 Å². The largest absolute Gasteiger partial charge is 0.416 e. The maximum atomic E-state index is 13.0. The Morgan fingerprint density at radius 1 is 1.11 bits per heavy atom. The Hall–Kier alpha value is -1.35. The zero-order chi connectivity index (χ0) is 19.0. The maximum absolute atomic E-state index is 13.0. The van der Waals surface area contributed by atoms with Crippen molar-refractivity contribution in [3.05, 3.63) is 46.0 Å². The van der Waals surface area contributed by atoms with Crippen LogP contribution in [0.3, 0.4) is 0 Å². The fraction of sp³-hybridized carbons (Fsp3) is 0.556. The number of nitrogens with zero attached hydrogens (tertiary/aromatic N) is 4. The average Bonchev–Trinajstić information content (AvgIpc) is 3.05. The Bertz CT molecular complexity index is 816. The summed E-state index contributed by atoms with van der Waals surface area (Å²) in [7, 11) is 0. The molecular formula is C18H22Cl2F3N5. The monoisotopic (exact) mass is 435 g/mol. The van der Waals surface area contributed by atoms with Gasteiger partial charge in [0.2, 0.25) is 0 Å². The second kappa shape index (κ2) is 8.57. The Morgan fingerprint density at radius 2 is 1.86 bits per heavy atom. The highest BCUT2D eigenvalue weighted by Gasteiger charge is 2.32. The van der Waals surface area contributed by atoms with Crippen molar-refractivity contribution in [2.24, 2.45) is 0 Å². The fourth-order valence-electron chi connectivity index (χ4n) is 3.93. The first-order valence-corrected chi connectivity index (χ1v) is 9.49. The summed E-state index contributed by atoms with van der Waals surface area (Å²) in [5.74, 6) is 2.39. The van der Waals surface area contributed by atoms with Crippen LogP contribution in [-0.2, 0) is 25.8 Å². The third-order valence-corrected chi connectivity index (χ3v) is 5.51. The van der Waals surface area contributed by atoms with Crippen LogP contribution in [0, 0.1) is 0 Å². The summed E-state index contributed by atoms with van der Waals surface area (Å²) >= 11 is 5.89. The molecule has 28 heavy (non-hydrogen) atoms. The molecule has 4 rings (SSSR count). The number of hydrogen-bond donors (Lipinski definition) is 1. The molecular weight excluding hydrogens is 414 g/mol. The van der Waals surface area contributed by atoms with E-state index in [1.165, 1.54) is 6.07 Å². The topological polar surface area (TPSA) is 46.0 Å². The van der Waals surface area contributed by atoms with Gasteiger partial charge in [-0.25, -0.2) is 0 Å². The number of piperidine rings is 1. The minimum atomic E-state index is -4.38. The summed E-state index contributed by atoms with van der Waals surface area (Å²) in [6.45, 7) is 4.67. The molecule has 2 aliphatic heterocycles. The van der Waals surface area contributed by atoms with Gasteiger partial charge in [0.1, 0.15) is 11.6 Å². The summed E-state index contributed by atoms with van der Waals surface area (Å²) in [5.41, 5.74) is -0.0946. The number of rotatable bonds is 3. The van der Waals surface area contributed by atoms with Crippen molar-refractivity contribution < 1.29 is 13.2 Å². The van der Waals surface area contributed by atoms with Gasteiger partial charge in [0.25, 0.3) is 0 Å². The minimum Gasteiger partial charge on any atom is -0.312 e. The van der Waals surface area contributed by atoms with Crippen LogP contribution in [0.5, 0.6) is 0 Å². The lowest BCUT2D eigenvalue weighted by Crippen LogP contribution is -2.34. The summed E-state index contributed by atoms with van der Waals surface area (Å²) in [5, 5.41) is 12.1. The van der Waals surface area contributed by atoms with Crippen LogP contribution >= 0.6 is 24.0 Å². The number of nitrogens with one attached hydrogen (secondary N) is 1. The van der Waals surface area contributed by atoms with E-state index >= 15 is 0 Å². The Balaban J connectivity index is 0.00000225. The molecule has 10 heteroatoms. The first-order valence-electron chi connectivity index (χ1n) is 9.12.